The first-order valence-electron chi connectivity index (χ1n) is 5.09. The van der Waals surface area contributed by atoms with Crippen LogP contribution in [0, 0.1) is 11.8 Å². The highest BCUT2D eigenvalue weighted by Gasteiger charge is 2.26. The highest BCUT2D eigenvalue weighted by atomic mass is 15.3. The Hall–Kier alpha value is -0.730. The molecule has 1 aliphatic rings. The Balaban J connectivity index is 2.55. The minimum absolute atomic E-state index is 0.297. The molecule has 0 saturated carbocycles. The lowest BCUT2D eigenvalue weighted by atomic mass is 10.0. The van der Waals surface area contributed by atoms with Crippen LogP contribution in [0.15, 0.2) is 4.99 Å². The summed E-state index contributed by atoms with van der Waals surface area (Å²) in [5.74, 6) is 2.19. The summed E-state index contributed by atoms with van der Waals surface area (Å²) in [7, 11) is 0. The fourth-order valence-corrected chi connectivity index (χ4v) is 1.66. The molecule has 0 spiro atoms. The third-order valence-electron chi connectivity index (χ3n) is 2.70. The number of guanidine groups is 1. The Bertz CT molecular complexity index is 188. The summed E-state index contributed by atoms with van der Waals surface area (Å²) < 4.78 is 0. The van der Waals surface area contributed by atoms with Gasteiger partial charge in [0.2, 0.25) is 0 Å². The van der Waals surface area contributed by atoms with E-state index in [0.29, 0.717) is 12.0 Å². The van der Waals surface area contributed by atoms with E-state index in [2.05, 4.69) is 37.6 Å². The molecular formula is C10H21N3. The van der Waals surface area contributed by atoms with Gasteiger partial charge in [0.05, 0.1) is 0 Å². The third kappa shape index (κ3) is 2.61. The Kier molecular flexibility index (Phi) is 3.17. The van der Waals surface area contributed by atoms with Crippen LogP contribution in [0.4, 0.5) is 0 Å². The summed E-state index contributed by atoms with van der Waals surface area (Å²) in [6.45, 7) is 10.8. The first-order valence-corrected chi connectivity index (χ1v) is 5.09. The minimum Gasteiger partial charge on any atom is -0.370 e. The molecule has 1 heterocycles. The fraction of sp³-hybridized carbons (Fsp3) is 0.900. The number of likely N-dealkylation sites (tertiary alicyclic amines) is 1. The van der Waals surface area contributed by atoms with E-state index in [4.69, 9.17) is 5.73 Å². The quantitative estimate of drug-likeness (QED) is 0.492. The van der Waals surface area contributed by atoms with Gasteiger partial charge in [0.1, 0.15) is 0 Å². The van der Waals surface area contributed by atoms with Gasteiger partial charge in [0.25, 0.3) is 0 Å². The van der Waals surface area contributed by atoms with Gasteiger partial charge in [-0.2, -0.15) is 0 Å². The summed E-state index contributed by atoms with van der Waals surface area (Å²) in [6, 6.07) is 0.297. The molecular weight excluding hydrogens is 162 g/mol. The molecule has 2 N–H and O–H groups in total. The molecule has 0 amide bonds. The van der Waals surface area contributed by atoms with E-state index >= 15 is 0 Å². The molecule has 1 rings (SSSR count). The average molecular weight is 183 g/mol. The molecule has 3 nitrogen and oxygen atoms in total. The maximum atomic E-state index is 5.88. The van der Waals surface area contributed by atoms with Crippen molar-refractivity contribution in [2.75, 3.05) is 13.1 Å². The summed E-state index contributed by atoms with van der Waals surface area (Å²) in [6.07, 6.45) is 0. The number of nitrogens with two attached hydrogens (primary N) is 1. The average Bonchev–Trinajstić information content (AvgIpc) is 2.31. The molecule has 76 valence electrons. The van der Waals surface area contributed by atoms with Gasteiger partial charge in [0.15, 0.2) is 5.96 Å². The van der Waals surface area contributed by atoms with Gasteiger partial charge in [-0.3, -0.25) is 4.99 Å². The van der Waals surface area contributed by atoms with E-state index in [1.54, 1.807) is 0 Å². The van der Waals surface area contributed by atoms with Gasteiger partial charge in [-0.15, -0.1) is 0 Å². The first-order chi connectivity index (χ1) is 6.00. The molecule has 2 atom stereocenters. The van der Waals surface area contributed by atoms with E-state index in [1.807, 2.05) is 0 Å². The molecule has 0 aromatic heterocycles. The van der Waals surface area contributed by atoms with Crippen LogP contribution >= 0.6 is 0 Å². The van der Waals surface area contributed by atoms with Crippen molar-refractivity contribution in [1.29, 1.82) is 0 Å². The van der Waals surface area contributed by atoms with Crippen LogP contribution in [0.1, 0.15) is 27.7 Å². The number of hydrogen-bond donors (Lipinski definition) is 1. The van der Waals surface area contributed by atoms with Gasteiger partial charge in [-0.25, -0.2) is 0 Å². The number of aliphatic imine (C=N–C) groups is 1. The number of nitrogens with zero attached hydrogens (tertiary/aromatic N) is 2. The topological polar surface area (TPSA) is 41.6 Å². The second kappa shape index (κ2) is 3.99. The Morgan fingerprint density at radius 2 is 1.77 bits per heavy atom. The normalized spacial score (nSPS) is 30.2. The van der Waals surface area contributed by atoms with Crippen molar-refractivity contribution in [1.82, 2.24) is 4.90 Å². The van der Waals surface area contributed by atoms with Gasteiger partial charge in [-0.05, 0) is 25.7 Å². The van der Waals surface area contributed by atoms with Crippen LogP contribution in [0.2, 0.25) is 0 Å². The van der Waals surface area contributed by atoms with Crippen molar-refractivity contribution in [3.05, 3.63) is 0 Å². The first kappa shape index (κ1) is 10.4. The highest BCUT2D eigenvalue weighted by molar-refractivity contribution is 5.78. The van der Waals surface area contributed by atoms with E-state index < -0.39 is 0 Å². The largest absolute Gasteiger partial charge is 0.370 e. The van der Waals surface area contributed by atoms with Gasteiger partial charge in [-0.1, -0.05) is 13.8 Å². The maximum Gasteiger partial charge on any atom is 0.191 e. The molecule has 1 aliphatic heterocycles. The maximum absolute atomic E-state index is 5.88. The monoisotopic (exact) mass is 183 g/mol. The smallest absolute Gasteiger partial charge is 0.191 e. The third-order valence-corrected chi connectivity index (χ3v) is 2.70. The SMILES string of the molecule is CC(C)N=C(N)N1CC(C)C(C)C1. The molecule has 13 heavy (non-hydrogen) atoms. The molecule has 3 heteroatoms. The van der Waals surface area contributed by atoms with E-state index in [0.717, 1.165) is 24.9 Å². The molecule has 0 aliphatic carbocycles. The Morgan fingerprint density at radius 1 is 1.31 bits per heavy atom. The number of hydrogen-bond acceptors (Lipinski definition) is 1. The van der Waals surface area contributed by atoms with Crippen LogP contribution in [-0.4, -0.2) is 30.0 Å². The van der Waals surface area contributed by atoms with E-state index in [-0.39, 0.29) is 0 Å². The lowest BCUT2D eigenvalue weighted by Gasteiger charge is -2.17. The lowest BCUT2D eigenvalue weighted by Crippen LogP contribution is -2.36. The summed E-state index contributed by atoms with van der Waals surface area (Å²) in [5.41, 5.74) is 5.88. The summed E-state index contributed by atoms with van der Waals surface area (Å²) in [5, 5.41) is 0. The predicted octanol–water partition coefficient (Wildman–Crippen LogP) is 1.30. The van der Waals surface area contributed by atoms with Crippen molar-refractivity contribution in [2.24, 2.45) is 22.6 Å². The van der Waals surface area contributed by atoms with Crippen LogP contribution in [-0.2, 0) is 0 Å². The van der Waals surface area contributed by atoms with Crippen molar-refractivity contribution >= 4 is 5.96 Å². The van der Waals surface area contributed by atoms with Crippen LogP contribution in [0.3, 0.4) is 0 Å². The van der Waals surface area contributed by atoms with E-state index in [9.17, 15) is 0 Å². The second-order valence-electron chi connectivity index (χ2n) is 4.44. The predicted molar refractivity (Wildman–Crippen MR) is 56.7 cm³/mol. The molecule has 1 fully saturated rings. The molecule has 0 aromatic rings. The molecule has 0 radical (unpaired) electrons. The van der Waals surface area contributed by atoms with Crippen molar-refractivity contribution in [2.45, 2.75) is 33.7 Å². The summed E-state index contributed by atoms with van der Waals surface area (Å²) in [4.78, 5) is 6.54. The second-order valence-corrected chi connectivity index (χ2v) is 4.44. The van der Waals surface area contributed by atoms with Crippen molar-refractivity contribution < 1.29 is 0 Å². The molecule has 1 saturated heterocycles. The van der Waals surface area contributed by atoms with Crippen LogP contribution in [0.25, 0.3) is 0 Å². The Morgan fingerprint density at radius 3 is 2.15 bits per heavy atom. The minimum atomic E-state index is 0.297. The van der Waals surface area contributed by atoms with E-state index in [1.165, 1.54) is 0 Å². The van der Waals surface area contributed by atoms with Crippen LogP contribution in [0.5, 0.6) is 0 Å². The molecule has 2 unspecified atom stereocenters. The molecule has 0 aromatic carbocycles. The standard InChI is InChI=1S/C10H21N3/c1-7(2)12-10(11)13-5-8(3)9(4)6-13/h7-9H,5-6H2,1-4H3,(H2,11,12). The zero-order valence-electron chi connectivity index (χ0n) is 9.12. The number of rotatable bonds is 1. The molecule has 0 bridgehead atoms. The van der Waals surface area contributed by atoms with Gasteiger partial charge >= 0.3 is 0 Å². The Labute approximate surface area is 81.0 Å². The zero-order valence-corrected chi connectivity index (χ0v) is 9.12. The van der Waals surface area contributed by atoms with Crippen molar-refractivity contribution in [3.63, 3.8) is 0 Å². The highest BCUT2D eigenvalue weighted by Crippen LogP contribution is 2.21. The zero-order chi connectivity index (χ0) is 10.0. The van der Waals surface area contributed by atoms with Gasteiger partial charge in [0, 0.05) is 19.1 Å². The fourth-order valence-electron chi connectivity index (χ4n) is 1.66. The van der Waals surface area contributed by atoms with Gasteiger partial charge < -0.3 is 10.6 Å². The van der Waals surface area contributed by atoms with Crippen LogP contribution < -0.4 is 5.73 Å². The van der Waals surface area contributed by atoms with Crippen molar-refractivity contribution in [3.8, 4) is 0 Å². The lowest BCUT2D eigenvalue weighted by molar-refractivity contribution is 0.483. The summed E-state index contributed by atoms with van der Waals surface area (Å²) >= 11 is 0.